The predicted molar refractivity (Wildman–Crippen MR) is 140 cm³/mol. The van der Waals surface area contributed by atoms with Crippen LogP contribution in [0.15, 0.2) is 47.7 Å². The van der Waals surface area contributed by atoms with Crippen molar-refractivity contribution in [2.45, 2.75) is 18.9 Å². The van der Waals surface area contributed by atoms with Crippen LogP contribution >= 0.6 is 0 Å². The van der Waals surface area contributed by atoms with E-state index in [2.05, 4.69) is 26.6 Å². The van der Waals surface area contributed by atoms with E-state index in [1.807, 2.05) is 0 Å². The largest absolute Gasteiger partial charge is 0.451 e. The Hall–Kier alpha value is -4.88. The van der Waals surface area contributed by atoms with Gasteiger partial charge in [-0.05, 0) is 25.0 Å². The number of piperidine rings is 1. The number of hydrogen-bond donors (Lipinski definition) is 1. The van der Waals surface area contributed by atoms with Crippen LogP contribution in [0.1, 0.15) is 18.9 Å². The Morgan fingerprint density at radius 1 is 1.12 bits per heavy atom. The van der Waals surface area contributed by atoms with Crippen molar-refractivity contribution in [1.82, 2.24) is 24.6 Å². The smallest absolute Gasteiger partial charge is 0.254 e. The molecule has 3 heterocycles. The van der Waals surface area contributed by atoms with Gasteiger partial charge in [-0.1, -0.05) is 6.58 Å². The summed E-state index contributed by atoms with van der Waals surface area (Å²) in [6, 6.07) is 2.83. The number of nitrogens with zero attached hydrogens (tertiary/aromatic N) is 6. The Kier molecular flexibility index (Phi) is 7.39. The summed E-state index contributed by atoms with van der Waals surface area (Å²) in [6.45, 7) is 4.52. The topological polar surface area (TPSA) is 112 Å². The minimum atomic E-state index is -1.77. The fourth-order valence-electron chi connectivity index (χ4n) is 4.70. The van der Waals surface area contributed by atoms with Gasteiger partial charge in [0.1, 0.15) is 29.4 Å². The molecule has 1 fully saturated rings. The maximum absolute atomic E-state index is 15.4. The molecule has 0 bridgehead atoms. The number of rotatable bonds is 6. The van der Waals surface area contributed by atoms with Gasteiger partial charge in [0.05, 0.1) is 17.0 Å². The molecule has 14 heteroatoms. The monoisotopic (exact) mass is 571 g/mol. The molecule has 2 aromatic heterocycles. The third-order valence-corrected chi connectivity index (χ3v) is 6.59. The number of halogens is 5. The van der Waals surface area contributed by atoms with E-state index in [0.717, 1.165) is 12.1 Å². The van der Waals surface area contributed by atoms with E-state index in [4.69, 9.17) is 10.5 Å². The first kappa shape index (κ1) is 27.7. The molecule has 5 rings (SSSR count). The molecule has 0 radical (unpaired) electrons. The summed E-state index contributed by atoms with van der Waals surface area (Å²) >= 11 is 0. The first-order valence-corrected chi connectivity index (χ1v) is 12.3. The molecule has 2 aromatic carbocycles. The minimum absolute atomic E-state index is 0.0200. The number of carbonyl (C=O) groups excluding carboxylic acids is 1. The van der Waals surface area contributed by atoms with Crippen LogP contribution in [0.5, 0.6) is 11.5 Å². The van der Waals surface area contributed by atoms with E-state index in [9.17, 15) is 22.4 Å². The van der Waals surface area contributed by atoms with Crippen molar-refractivity contribution in [3.63, 3.8) is 0 Å². The molecular weight excluding hydrogens is 549 g/mol. The van der Waals surface area contributed by atoms with Crippen molar-refractivity contribution in [3.8, 4) is 22.8 Å². The Morgan fingerprint density at radius 2 is 1.85 bits per heavy atom. The summed E-state index contributed by atoms with van der Waals surface area (Å²) in [6.07, 6.45) is 3.90. The van der Waals surface area contributed by atoms with Gasteiger partial charge in [-0.2, -0.15) is 13.9 Å². The van der Waals surface area contributed by atoms with Crippen molar-refractivity contribution in [2.24, 2.45) is 4.99 Å². The molecule has 1 unspecified atom stereocenters. The fraction of sp³-hybridized carbons (Fsp3) is 0.222. The van der Waals surface area contributed by atoms with Crippen LogP contribution in [0.25, 0.3) is 22.3 Å². The zero-order valence-electron chi connectivity index (χ0n) is 21.5. The molecule has 0 spiro atoms. The fourth-order valence-corrected chi connectivity index (χ4v) is 4.70. The van der Waals surface area contributed by atoms with Gasteiger partial charge in [-0.25, -0.2) is 27.8 Å². The molecule has 9 nitrogen and oxygen atoms in total. The van der Waals surface area contributed by atoms with Gasteiger partial charge in [-0.3, -0.25) is 9.79 Å². The average Bonchev–Trinajstić information content (AvgIpc) is 3.35. The summed E-state index contributed by atoms with van der Waals surface area (Å²) in [5.74, 6) is -9.87. The summed E-state index contributed by atoms with van der Waals surface area (Å²) in [5.41, 5.74) is 6.66. The molecule has 1 saturated heterocycles. The number of likely N-dealkylation sites (tertiary alicyclic amines) is 1. The standard InChI is InChI=1S/C27H22F5N7O2/c1-13(10-34-2)27(40)38-7-3-4-14(11-38)39-26-20(25(33)35-12-36-26)23(37-39)16-6-5-15(8-17(16)28)41-24-21(31)18(29)9-19(30)22(24)32/h5-6,8-10,12,14H,1,3-4,7,11H2,2H3,(H2,33,35,36)/b34-10-. The van der Waals surface area contributed by atoms with Crippen LogP contribution in [0.4, 0.5) is 27.8 Å². The number of carbonyl (C=O) groups is 1. The molecule has 1 atom stereocenters. The molecule has 4 aromatic rings. The van der Waals surface area contributed by atoms with Gasteiger partial charge < -0.3 is 15.4 Å². The Bertz CT molecular complexity index is 1700. The molecule has 41 heavy (non-hydrogen) atoms. The number of fused-ring (bicyclic) bond motifs is 1. The number of ether oxygens (including phenoxy) is 1. The van der Waals surface area contributed by atoms with Crippen LogP contribution in [-0.4, -0.2) is 56.9 Å². The maximum atomic E-state index is 15.4. The Balaban J connectivity index is 1.51. The number of amides is 1. The number of hydrogen-bond acceptors (Lipinski definition) is 7. The number of benzene rings is 2. The number of nitrogen functional groups attached to an aromatic ring is 1. The number of anilines is 1. The van der Waals surface area contributed by atoms with Crippen LogP contribution in [0.3, 0.4) is 0 Å². The molecule has 212 valence electrons. The Labute approximate surface area is 229 Å². The van der Waals surface area contributed by atoms with Crippen LogP contribution in [-0.2, 0) is 4.79 Å². The molecule has 2 N–H and O–H groups in total. The highest BCUT2D eigenvalue weighted by Crippen LogP contribution is 2.37. The van der Waals surface area contributed by atoms with E-state index in [0.29, 0.717) is 25.0 Å². The number of aromatic nitrogens is 4. The van der Waals surface area contributed by atoms with E-state index >= 15 is 4.39 Å². The SMILES string of the molecule is C=C(/C=N\C)C(=O)N1CCCC(n2nc(-c3ccc(Oc4c(F)c(F)cc(F)c4F)cc3F)c3c(N)ncnc32)C1. The van der Waals surface area contributed by atoms with Gasteiger partial charge >= 0.3 is 0 Å². The molecular formula is C27H22F5N7O2. The van der Waals surface area contributed by atoms with E-state index in [1.54, 1.807) is 9.58 Å². The highest BCUT2D eigenvalue weighted by Gasteiger charge is 2.30. The number of aliphatic imine (C=N–C) groups is 1. The van der Waals surface area contributed by atoms with Crippen molar-refractivity contribution < 1.29 is 31.5 Å². The second-order valence-electron chi connectivity index (χ2n) is 9.25. The normalized spacial score (nSPS) is 15.6. The number of nitrogens with two attached hydrogens (primary N) is 1. The average molecular weight is 572 g/mol. The minimum Gasteiger partial charge on any atom is -0.451 e. The highest BCUT2D eigenvalue weighted by molar-refractivity contribution is 6.11. The van der Waals surface area contributed by atoms with E-state index in [1.165, 1.54) is 25.7 Å². The first-order valence-electron chi connectivity index (χ1n) is 12.3. The van der Waals surface area contributed by atoms with Gasteiger partial charge in [0.25, 0.3) is 5.91 Å². The van der Waals surface area contributed by atoms with Gasteiger partial charge in [0.15, 0.2) is 17.3 Å². The van der Waals surface area contributed by atoms with Crippen LogP contribution in [0.2, 0.25) is 0 Å². The zero-order chi connectivity index (χ0) is 29.4. The lowest BCUT2D eigenvalue weighted by Gasteiger charge is -2.33. The lowest BCUT2D eigenvalue weighted by atomic mass is 10.0. The molecule has 1 aliphatic rings. The Morgan fingerprint density at radius 3 is 2.54 bits per heavy atom. The third-order valence-electron chi connectivity index (χ3n) is 6.59. The summed E-state index contributed by atoms with van der Waals surface area (Å²) in [4.78, 5) is 26.6. The molecule has 1 aliphatic heterocycles. The van der Waals surface area contributed by atoms with Gasteiger partial charge in [0.2, 0.25) is 17.4 Å². The van der Waals surface area contributed by atoms with Crippen molar-refractivity contribution in [3.05, 3.63) is 71.8 Å². The lowest BCUT2D eigenvalue weighted by Crippen LogP contribution is -2.41. The van der Waals surface area contributed by atoms with Gasteiger partial charge in [0, 0.05) is 44.0 Å². The highest BCUT2D eigenvalue weighted by atomic mass is 19.2. The van der Waals surface area contributed by atoms with Crippen LogP contribution < -0.4 is 10.5 Å². The predicted octanol–water partition coefficient (Wildman–Crippen LogP) is 4.98. The van der Waals surface area contributed by atoms with Crippen molar-refractivity contribution in [2.75, 3.05) is 25.9 Å². The van der Waals surface area contributed by atoms with Crippen LogP contribution in [0, 0.1) is 29.1 Å². The van der Waals surface area contributed by atoms with Crippen molar-refractivity contribution in [1.29, 1.82) is 0 Å². The van der Waals surface area contributed by atoms with E-state index in [-0.39, 0.29) is 52.6 Å². The lowest BCUT2D eigenvalue weighted by molar-refractivity contribution is -0.128. The molecule has 1 amide bonds. The third kappa shape index (κ3) is 5.08. The second-order valence-corrected chi connectivity index (χ2v) is 9.25. The summed E-state index contributed by atoms with van der Waals surface area (Å²) < 4.78 is 77.2. The molecule has 0 saturated carbocycles. The quantitative estimate of drug-likeness (QED) is 0.151. The maximum Gasteiger partial charge on any atom is 0.254 e. The first-order chi connectivity index (χ1) is 19.6. The molecule has 0 aliphatic carbocycles. The van der Waals surface area contributed by atoms with Crippen molar-refractivity contribution >= 4 is 29.0 Å². The van der Waals surface area contributed by atoms with E-state index < -0.39 is 40.6 Å². The summed E-state index contributed by atoms with van der Waals surface area (Å²) in [7, 11) is 1.54. The zero-order valence-corrected chi connectivity index (χ0v) is 21.5. The second kappa shape index (κ2) is 10.9. The van der Waals surface area contributed by atoms with Gasteiger partial charge in [-0.15, -0.1) is 0 Å². The summed E-state index contributed by atoms with van der Waals surface area (Å²) in [5, 5.41) is 4.84.